The summed E-state index contributed by atoms with van der Waals surface area (Å²) in [6.07, 6.45) is 0. The summed E-state index contributed by atoms with van der Waals surface area (Å²) in [4.78, 5) is 40.3. The average molecular weight is 416 g/mol. The number of alkyl halides is 1. The van der Waals surface area contributed by atoms with Crippen molar-refractivity contribution in [3.05, 3.63) is 20.8 Å². The number of anilines is 1. The molecule has 10 nitrogen and oxygen atoms in total. The Labute approximate surface area is 159 Å². The van der Waals surface area contributed by atoms with Crippen LogP contribution in [0.3, 0.4) is 0 Å². The monoisotopic (exact) mass is 415 g/mol. The predicted molar refractivity (Wildman–Crippen MR) is 99.3 cm³/mol. The van der Waals surface area contributed by atoms with Crippen LogP contribution in [0.5, 0.6) is 0 Å². The van der Waals surface area contributed by atoms with Crippen molar-refractivity contribution >= 4 is 56.9 Å². The summed E-state index contributed by atoms with van der Waals surface area (Å²) in [5.41, 5.74) is -0.194. The van der Waals surface area contributed by atoms with Crippen molar-refractivity contribution in [3.8, 4) is 0 Å². The number of aromatic nitrogens is 6. The lowest BCUT2D eigenvalue weighted by Crippen LogP contribution is -2.37. The topological polar surface area (TPSA) is 117 Å². The number of hydrogen-bond donors (Lipinski definition) is 1. The first-order valence-electron chi connectivity index (χ1n) is 7.40. The van der Waals surface area contributed by atoms with Gasteiger partial charge in [0.1, 0.15) is 5.88 Å². The highest BCUT2D eigenvalue weighted by atomic mass is 35.5. The van der Waals surface area contributed by atoms with Gasteiger partial charge in [-0.15, -0.1) is 21.8 Å². The van der Waals surface area contributed by atoms with Gasteiger partial charge < -0.3 is 4.57 Å². The minimum absolute atomic E-state index is 0.176. The fraction of sp³-hybridized carbons (Fsp3) is 0.385. The Hall–Kier alpha value is -2.18. The van der Waals surface area contributed by atoms with Crippen molar-refractivity contribution in [2.75, 3.05) is 11.2 Å². The molecule has 138 valence electrons. The number of rotatable bonds is 5. The average Bonchev–Trinajstić information content (AvgIpc) is 3.22. The summed E-state index contributed by atoms with van der Waals surface area (Å²) in [6.45, 7) is 2.36. The van der Waals surface area contributed by atoms with Gasteiger partial charge in [0.2, 0.25) is 11.0 Å². The van der Waals surface area contributed by atoms with Gasteiger partial charge in [-0.2, -0.15) is 0 Å². The SMILES string of the molecule is CCn1c(Sc2nnc(NC(=O)CCl)s2)nc2c1c(=O)n(C)c(=O)n2C. The van der Waals surface area contributed by atoms with E-state index in [1.807, 2.05) is 6.92 Å². The molecule has 3 aromatic rings. The van der Waals surface area contributed by atoms with E-state index in [1.54, 1.807) is 11.6 Å². The van der Waals surface area contributed by atoms with Crippen molar-refractivity contribution in [2.45, 2.75) is 23.0 Å². The molecule has 0 aliphatic heterocycles. The summed E-state index contributed by atoms with van der Waals surface area (Å²) in [5, 5.41) is 11.2. The number of fused-ring (bicyclic) bond motifs is 1. The van der Waals surface area contributed by atoms with Gasteiger partial charge >= 0.3 is 5.69 Å². The van der Waals surface area contributed by atoms with Crippen LogP contribution in [0.25, 0.3) is 11.2 Å². The van der Waals surface area contributed by atoms with Gasteiger partial charge in [0.25, 0.3) is 5.56 Å². The van der Waals surface area contributed by atoms with Crippen LogP contribution in [-0.4, -0.2) is 40.7 Å². The number of nitrogens with one attached hydrogen (secondary N) is 1. The molecule has 0 spiro atoms. The maximum absolute atomic E-state index is 12.5. The lowest BCUT2D eigenvalue weighted by Gasteiger charge is -2.05. The van der Waals surface area contributed by atoms with Gasteiger partial charge in [0, 0.05) is 20.6 Å². The Kier molecular flexibility index (Phi) is 5.16. The smallest absolute Gasteiger partial charge is 0.313 e. The maximum Gasteiger partial charge on any atom is 0.332 e. The standard InChI is InChI=1S/C13H14ClN7O3S2/c1-4-21-7-8(19(2)13(24)20(3)9(7)23)16-11(21)26-12-18-17-10(25-12)15-6(22)5-14/h4-5H2,1-3H3,(H,15,17,22). The number of imidazole rings is 1. The third kappa shape index (κ3) is 3.15. The zero-order chi connectivity index (χ0) is 19.0. The van der Waals surface area contributed by atoms with Crippen molar-refractivity contribution in [2.24, 2.45) is 14.1 Å². The molecular weight excluding hydrogens is 402 g/mol. The first-order valence-corrected chi connectivity index (χ1v) is 9.57. The Morgan fingerprint density at radius 2 is 2.00 bits per heavy atom. The molecule has 26 heavy (non-hydrogen) atoms. The van der Waals surface area contributed by atoms with Crippen LogP contribution in [0.15, 0.2) is 19.1 Å². The number of carbonyl (C=O) groups is 1. The molecule has 3 heterocycles. The van der Waals surface area contributed by atoms with Gasteiger partial charge in [0.15, 0.2) is 20.7 Å². The summed E-state index contributed by atoms with van der Waals surface area (Å²) in [7, 11) is 3.00. The molecule has 1 amide bonds. The molecule has 0 fully saturated rings. The number of aryl methyl sites for hydroxylation is 2. The highest BCUT2D eigenvalue weighted by Crippen LogP contribution is 2.32. The van der Waals surface area contributed by atoms with E-state index in [1.165, 1.54) is 23.4 Å². The molecule has 3 aromatic heterocycles. The van der Waals surface area contributed by atoms with Gasteiger partial charge in [-0.05, 0) is 18.7 Å². The van der Waals surface area contributed by atoms with E-state index in [4.69, 9.17) is 11.6 Å². The van der Waals surface area contributed by atoms with E-state index in [2.05, 4.69) is 20.5 Å². The fourth-order valence-corrected chi connectivity index (χ4v) is 4.22. The van der Waals surface area contributed by atoms with E-state index >= 15 is 0 Å². The van der Waals surface area contributed by atoms with Crippen LogP contribution in [-0.2, 0) is 25.4 Å². The Morgan fingerprint density at radius 1 is 1.27 bits per heavy atom. The Morgan fingerprint density at radius 3 is 2.65 bits per heavy atom. The summed E-state index contributed by atoms with van der Waals surface area (Å²) >= 11 is 7.80. The summed E-state index contributed by atoms with van der Waals surface area (Å²) in [6, 6.07) is 0. The highest BCUT2D eigenvalue weighted by molar-refractivity contribution is 8.01. The van der Waals surface area contributed by atoms with Crippen LogP contribution in [0.2, 0.25) is 0 Å². The zero-order valence-electron chi connectivity index (χ0n) is 14.0. The summed E-state index contributed by atoms with van der Waals surface area (Å²) < 4.78 is 4.64. The van der Waals surface area contributed by atoms with E-state index in [0.717, 1.165) is 15.9 Å². The number of hydrogen-bond acceptors (Lipinski definition) is 8. The van der Waals surface area contributed by atoms with Crippen LogP contribution in [0.1, 0.15) is 6.92 Å². The van der Waals surface area contributed by atoms with Gasteiger partial charge in [0.05, 0.1) is 0 Å². The molecule has 1 N–H and O–H groups in total. The van der Waals surface area contributed by atoms with Gasteiger partial charge in [-0.1, -0.05) is 11.3 Å². The van der Waals surface area contributed by atoms with Crippen LogP contribution in [0, 0.1) is 0 Å². The molecule has 3 rings (SSSR count). The van der Waals surface area contributed by atoms with E-state index in [0.29, 0.717) is 32.3 Å². The second-order valence-electron chi connectivity index (χ2n) is 5.17. The normalized spacial score (nSPS) is 11.2. The molecule has 0 aromatic carbocycles. The highest BCUT2D eigenvalue weighted by Gasteiger charge is 2.20. The Balaban J connectivity index is 2.05. The third-order valence-electron chi connectivity index (χ3n) is 3.58. The molecule has 13 heteroatoms. The maximum atomic E-state index is 12.5. The van der Waals surface area contributed by atoms with Crippen molar-refractivity contribution in [1.29, 1.82) is 0 Å². The molecule has 0 unspecified atom stereocenters. The van der Waals surface area contributed by atoms with Crippen LogP contribution < -0.4 is 16.6 Å². The van der Waals surface area contributed by atoms with E-state index < -0.39 is 11.2 Å². The lowest BCUT2D eigenvalue weighted by atomic mass is 10.5. The fourth-order valence-electron chi connectivity index (χ4n) is 2.33. The molecule has 0 saturated carbocycles. The molecule has 0 atom stereocenters. The molecule has 0 radical (unpaired) electrons. The van der Waals surface area contributed by atoms with Gasteiger partial charge in [-0.3, -0.25) is 24.0 Å². The second kappa shape index (κ2) is 7.21. The summed E-state index contributed by atoms with van der Waals surface area (Å²) in [5.74, 6) is -0.552. The van der Waals surface area contributed by atoms with Crippen molar-refractivity contribution in [3.63, 3.8) is 0 Å². The quantitative estimate of drug-likeness (QED) is 0.479. The largest absolute Gasteiger partial charge is 0.332 e. The van der Waals surface area contributed by atoms with Crippen LogP contribution in [0.4, 0.5) is 5.13 Å². The predicted octanol–water partition coefficient (Wildman–Crippen LogP) is 0.634. The van der Waals surface area contributed by atoms with Crippen molar-refractivity contribution < 1.29 is 4.79 Å². The minimum Gasteiger partial charge on any atom is -0.313 e. The first-order chi connectivity index (χ1) is 12.4. The molecular formula is C13H14ClN7O3S2. The molecule has 0 aliphatic rings. The minimum atomic E-state index is -0.443. The number of carbonyl (C=O) groups excluding carboxylic acids is 1. The first kappa shape index (κ1) is 18.6. The number of nitrogens with zero attached hydrogens (tertiary/aromatic N) is 6. The molecule has 0 bridgehead atoms. The van der Waals surface area contributed by atoms with E-state index in [9.17, 15) is 14.4 Å². The third-order valence-corrected chi connectivity index (χ3v) is 5.71. The molecule has 0 saturated heterocycles. The molecule has 0 aliphatic carbocycles. The van der Waals surface area contributed by atoms with Crippen LogP contribution >= 0.6 is 34.7 Å². The lowest BCUT2D eigenvalue weighted by molar-refractivity contribution is -0.113. The van der Waals surface area contributed by atoms with Crippen molar-refractivity contribution in [1.82, 2.24) is 28.9 Å². The number of amides is 1. The Bertz CT molecular complexity index is 1110. The second-order valence-corrected chi connectivity index (χ2v) is 7.63. The number of halogens is 1. The zero-order valence-corrected chi connectivity index (χ0v) is 16.4. The van der Waals surface area contributed by atoms with Gasteiger partial charge in [-0.25, -0.2) is 9.78 Å². The van der Waals surface area contributed by atoms with E-state index in [-0.39, 0.29) is 11.8 Å².